The van der Waals surface area contributed by atoms with Crippen molar-refractivity contribution in [2.45, 2.75) is 25.7 Å². The molecule has 0 aromatic carbocycles. The van der Waals surface area contributed by atoms with E-state index >= 15 is 0 Å². The Balaban J connectivity index is 0.000000845. The number of hydrogen-bond donors (Lipinski definition) is 0. The van der Waals surface area contributed by atoms with Crippen molar-refractivity contribution in [3.63, 3.8) is 0 Å². The van der Waals surface area contributed by atoms with E-state index in [0.29, 0.717) is 0 Å². The van der Waals surface area contributed by atoms with E-state index in [4.69, 9.17) is 0 Å². The van der Waals surface area contributed by atoms with Crippen LogP contribution < -0.4 is 0 Å². The van der Waals surface area contributed by atoms with E-state index in [-0.39, 0.29) is 26.2 Å². The van der Waals surface area contributed by atoms with Crippen LogP contribution in [0.15, 0.2) is 35.5 Å². The summed E-state index contributed by atoms with van der Waals surface area (Å²) in [5.41, 5.74) is 2.73. The molecule has 0 fully saturated rings. The molecule has 2 aliphatic rings. The van der Waals surface area contributed by atoms with E-state index in [1.54, 1.807) is 0 Å². The van der Waals surface area contributed by atoms with Crippen molar-refractivity contribution in [1.82, 2.24) is 0 Å². The monoisotopic (exact) mass is 246 g/mol. The van der Waals surface area contributed by atoms with Crippen LogP contribution in [0.3, 0.4) is 0 Å². The average molecular weight is 247 g/mol. The van der Waals surface area contributed by atoms with Gasteiger partial charge in [-0.05, 0) is 0 Å². The zero-order chi connectivity index (χ0) is 8.23. The van der Waals surface area contributed by atoms with Crippen LogP contribution in [0, 0.1) is 12.2 Å². The van der Waals surface area contributed by atoms with Crippen LogP contribution in [0.2, 0.25) is 0 Å². The zero-order valence-electron chi connectivity index (χ0n) is 7.64. The number of hydrogen-bond acceptors (Lipinski definition) is 0. The molecule has 0 heterocycles. The van der Waals surface area contributed by atoms with Crippen molar-refractivity contribution in [2.75, 3.05) is 0 Å². The molecule has 1 heteroatoms. The van der Waals surface area contributed by atoms with Crippen molar-refractivity contribution in [2.24, 2.45) is 0 Å². The summed E-state index contributed by atoms with van der Waals surface area (Å²) >= 11 is 0. The molecule has 0 saturated heterocycles. The smallest absolute Gasteiger partial charge is 0.269 e. The second kappa shape index (κ2) is 5.55. The van der Waals surface area contributed by atoms with Gasteiger partial charge in [0.2, 0.25) is 0 Å². The van der Waals surface area contributed by atoms with Gasteiger partial charge in [0.15, 0.2) is 0 Å². The fraction of sp³-hybridized carbons (Fsp3) is 0.333. The summed E-state index contributed by atoms with van der Waals surface area (Å²) in [5, 5.41) is 0. The minimum absolute atomic E-state index is 0. The summed E-state index contributed by atoms with van der Waals surface area (Å²) in [6, 6.07) is 0. The van der Waals surface area contributed by atoms with E-state index < -0.39 is 0 Å². The van der Waals surface area contributed by atoms with Gasteiger partial charge in [0.1, 0.15) is 0 Å². The van der Waals surface area contributed by atoms with Crippen LogP contribution in [0.25, 0.3) is 0 Å². The van der Waals surface area contributed by atoms with Gasteiger partial charge in [0.25, 0.3) is 0 Å². The summed E-state index contributed by atoms with van der Waals surface area (Å²) < 4.78 is 0. The Labute approximate surface area is 99.2 Å². The number of allylic oxidation sites excluding steroid dienone is 8. The predicted octanol–water partition coefficient (Wildman–Crippen LogP) is 3.14. The zero-order valence-corrected chi connectivity index (χ0v) is 10.1. The molecule has 13 heavy (non-hydrogen) atoms. The van der Waals surface area contributed by atoms with Gasteiger partial charge in [-0.2, -0.15) is 12.2 Å². The number of rotatable bonds is 3. The van der Waals surface area contributed by atoms with Crippen molar-refractivity contribution >= 4 is 0 Å². The van der Waals surface area contributed by atoms with Crippen LogP contribution in [0.4, 0.5) is 0 Å². The molecule has 0 amide bonds. The first-order valence-corrected chi connectivity index (χ1v) is 4.47. The first-order chi connectivity index (χ1) is 5.95. The third kappa shape index (κ3) is 3.23. The molecule has 2 rings (SSSR count). The minimum atomic E-state index is 0. The van der Waals surface area contributed by atoms with Crippen LogP contribution in [0.5, 0.6) is 0 Å². The van der Waals surface area contributed by atoms with Gasteiger partial charge in [-0.1, -0.05) is 12.8 Å². The Morgan fingerprint density at radius 3 is 1.69 bits per heavy atom. The summed E-state index contributed by atoms with van der Waals surface area (Å²) in [4.78, 5) is 0. The molecule has 0 saturated carbocycles. The molecule has 0 spiro atoms. The van der Waals surface area contributed by atoms with E-state index in [0.717, 1.165) is 25.7 Å². The van der Waals surface area contributed by atoms with Crippen molar-refractivity contribution < 1.29 is 26.2 Å². The van der Waals surface area contributed by atoms with Gasteiger partial charge >= 0.3 is 26.2 Å². The molecule has 0 bridgehead atoms. The topological polar surface area (TPSA) is 0 Å². The Morgan fingerprint density at radius 2 is 1.38 bits per heavy atom. The molecule has 0 N–H and O–H groups in total. The van der Waals surface area contributed by atoms with E-state index in [2.05, 4.69) is 36.5 Å². The van der Waals surface area contributed by atoms with Crippen molar-refractivity contribution in [3.05, 3.63) is 47.6 Å². The second-order valence-corrected chi connectivity index (χ2v) is 3.12. The molecule has 0 aromatic heterocycles. The fourth-order valence-corrected chi connectivity index (χ4v) is 1.51. The molecule has 2 aliphatic carbocycles. The van der Waals surface area contributed by atoms with Crippen LogP contribution in [-0.4, -0.2) is 0 Å². The minimum Gasteiger partial charge on any atom is -0.269 e. The van der Waals surface area contributed by atoms with Crippen molar-refractivity contribution in [3.8, 4) is 0 Å². The van der Waals surface area contributed by atoms with Gasteiger partial charge in [0, 0.05) is 0 Å². The summed E-state index contributed by atoms with van der Waals surface area (Å²) in [6.45, 7) is 0. The van der Waals surface area contributed by atoms with Crippen LogP contribution >= 0.6 is 0 Å². The normalized spacial score (nSPS) is 18.5. The van der Waals surface area contributed by atoms with Crippen LogP contribution in [0.1, 0.15) is 25.7 Å². The molecule has 0 atom stereocenters. The standard InChI is InChI=1S/C12H12.Zr/c1-2-6-11(5-1)9-10-12-7-3-4-8-12;/h1,3,5,7H,2,4,9-10H2;/q-2;+2. The maximum Gasteiger partial charge on any atom is 2.00 e. The third-order valence-corrected chi connectivity index (χ3v) is 2.20. The quantitative estimate of drug-likeness (QED) is 0.672. The van der Waals surface area contributed by atoms with Gasteiger partial charge < -0.3 is 0 Å². The Morgan fingerprint density at radius 1 is 0.923 bits per heavy atom. The first kappa shape index (κ1) is 10.9. The molecule has 0 aromatic rings. The van der Waals surface area contributed by atoms with E-state index in [9.17, 15) is 0 Å². The largest absolute Gasteiger partial charge is 2.00 e. The van der Waals surface area contributed by atoms with Gasteiger partial charge in [0.05, 0.1) is 0 Å². The van der Waals surface area contributed by atoms with Crippen LogP contribution in [-0.2, 0) is 26.2 Å². The Kier molecular flexibility index (Phi) is 4.66. The SMILES string of the molecule is [C-]1=C(CCC2=[C-]CC=C2)C=CC1.[Zr+2]. The molecular weight excluding hydrogens is 235 g/mol. The maximum absolute atomic E-state index is 3.32. The molecule has 0 radical (unpaired) electrons. The molecule has 0 nitrogen and oxygen atoms in total. The van der Waals surface area contributed by atoms with Gasteiger partial charge in [-0.3, -0.25) is 12.2 Å². The summed E-state index contributed by atoms with van der Waals surface area (Å²) in [6.07, 6.45) is 19.6. The fourth-order valence-electron chi connectivity index (χ4n) is 1.51. The third-order valence-electron chi connectivity index (χ3n) is 2.20. The molecular formula is C12H12Zr. The maximum atomic E-state index is 3.32. The summed E-state index contributed by atoms with van der Waals surface area (Å²) in [7, 11) is 0. The molecule has 0 unspecified atom stereocenters. The average Bonchev–Trinajstić information content (AvgIpc) is 2.74. The molecule has 0 aliphatic heterocycles. The van der Waals surface area contributed by atoms with Crippen molar-refractivity contribution in [1.29, 1.82) is 0 Å². The van der Waals surface area contributed by atoms with Gasteiger partial charge in [-0.15, -0.1) is 12.8 Å². The summed E-state index contributed by atoms with van der Waals surface area (Å²) in [5.74, 6) is 0. The van der Waals surface area contributed by atoms with E-state index in [1.807, 2.05) is 0 Å². The predicted molar refractivity (Wildman–Crippen MR) is 50.3 cm³/mol. The Hall–Kier alpha value is -0.157. The van der Waals surface area contributed by atoms with E-state index in [1.165, 1.54) is 11.1 Å². The Bertz CT molecular complexity index is 249. The first-order valence-electron chi connectivity index (χ1n) is 4.47. The second-order valence-electron chi connectivity index (χ2n) is 3.12. The molecule has 64 valence electrons. The van der Waals surface area contributed by atoms with Gasteiger partial charge in [-0.25, -0.2) is 23.3 Å².